The van der Waals surface area contributed by atoms with E-state index in [0.29, 0.717) is 0 Å². The Balaban J connectivity index is 3.26. The van der Waals surface area contributed by atoms with Gasteiger partial charge in [0.25, 0.3) is 0 Å². The van der Waals surface area contributed by atoms with Crippen molar-refractivity contribution >= 4 is 0 Å². The Morgan fingerprint density at radius 1 is 1.10 bits per heavy atom. The molecule has 0 N–H and O–H groups in total. The van der Waals surface area contributed by atoms with E-state index in [1.165, 1.54) is 5.92 Å². The van der Waals surface area contributed by atoms with Crippen molar-refractivity contribution in [2.24, 2.45) is 0 Å². The van der Waals surface area contributed by atoms with Crippen molar-refractivity contribution in [3.63, 3.8) is 0 Å². The molecular formula is C10H17. The van der Waals surface area contributed by atoms with Crippen LogP contribution in [0.1, 0.15) is 33.6 Å². The van der Waals surface area contributed by atoms with E-state index in [2.05, 4.69) is 45.1 Å². The standard InChI is InChI=1S/C10H17/c1-4-5-6-7-8-9-10(2)3/h5-6,8-9H,4,7H2,1-3H3. The van der Waals surface area contributed by atoms with Crippen LogP contribution in [0.25, 0.3) is 0 Å². The fourth-order valence-electron chi connectivity index (χ4n) is 0.645. The largest absolute Gasteiger partial charge is 0.0885 e. The highest BCUT2D eigenvalue weighted by Gasteiger charge is 1.80. The van der Waals surface area contributed by atoms with Crippen molar-refractivity contribution in [3.8, 4) is 0 Å². The molecule has 0 aliphatic heterocycles. The maximum atomic E-state index is 2.19. The first-order chi connectivity index (χ1) is 4.77. The van der Waals surface area contributed by atoms with Crippen molar-refractivity contribution in [2.45, 2.75) is 33.6 Å². The van der Waals surface area contributed by atoms with E-state index in [-0.39, 0.29) is 0 Å². The molecule has 0 aromatic carbocycles. The Labute approximate surface area is 64.6 Å². The Hall–Kier alpha value is -0.520. The second kappa shape index (κ2) is 6.60. The molecule has 0 saturated carbocycles. The van der Waals surface area contributed by atoms with Crippen molar-refractivity contribution < 1.29 is 0 Å². The third-order valence-corrected chi connectivity index (χ3v) is 1.13. The van der Waals surface area contributed by atoms with Gasteiger partial charge >= 0.3 is 0 Å². The number of hydrogen-bond acceptors (Lipinski definition) is 0. The van der Waals surface area contributed by atoms with Gasteiger partial charge in [-0.15, -0.1) is 0 Å². The van der Waals surface area contributed by atoms with E-state index in [4.69, 9.17) is 0 Å². The zero-order valence-electron chi connectivity index (χ0n) is 7.22. The minimum Gasteiger partial charge on any atom is -0.0885 e. The SMILES string of the molecule is CCC=CCC=C[C](C)C. The highest BCUT2D eigenvalue weighted by atomic mass is 13.9. The van der Waals surface area contributed by atoms with Crippen LogP contribution in [-0.4, -0.2) is 0 Å². The molecule has 0 nitrogen and oxygen atoms in total. The van der Waals surface area contributed by atoms with E-state index in [1.54, 1.807) is 0 Å². The predicted molar refractivity (Wildman–Crippen MR) is 47.8 cm³/mol. The fourth-order valence-corrected chi connectivity index (χ4v) is 0.645. The van der Waals surface area contributed by atoms with E-state index in [0.717, 1.165) is 12.8 Å². The monoisotopic (exact) mass is 137 g/mol. The lowest BCUT2D eigenvalue weighted by atomic mass is 10.2. The molecule has 1 radical (unpaired) electrons. The number of rotatable bonds is 4. The van der Waals surface area contributed by atoms with Crippen LogP contribution in [0.2, 0.25) is 0 Å². The molecule has 0 fully saturated rings. The first-order valence-electron chi connectivity index (χ1n) is 3.89. The van der Waals surface area contributed by atoms with Crippen molar-refractivity contribution in [1.82, 2.24) is 0 Å². The molecule has 57 valence electrons. The van der Waals surface area contributed by atoms with E-state index >= 15 is 0 Å². The van der Waals surface area contributed by atoms with Gasteiger partial charge in [0.1, 0.15) is 0 Å². The lowest BCUT2D eigenvalue weighted by Gasteiger charge is -1.89. The van der Waals surface area contributed by atoms with Gasteiger partial charge in [-0.1, -0.05) is 45.1 Å². The fraction of sp³-hybridized carbons (Fsp3) is 0.500. The summed E-state index contributed by atoms with van der Waals surface area (Å²) in [4.78, 5) is 0. The highest BCUT2D eigenvalue weighted by Crippen LogP contribution is 1.98. The summed E-state index contributed by atoms with van der Waals surface area (Å²) in [6.07, 6.45) is 10.9. The molecule has 0 saturated heterocycles. The van der Waals surface area contributed by atoms with Crippen molar-refractivity contribution in [1.29, 1.82) is 0 Å². The molecule has 0 spiro atoms. The van der Waals surface area contributed by atoms with E-state index < -0.39 is 0 Å². The molecule has 0 aromatic rings. The Kier molecular flexibility index (Phi) is 6.25. The van der Waals surface area contributed by atoms with Gasteiger partial charge in [-0.3, -0.25) is 0 Å². The Morgan fingerprint density at radius 2 is 1.80 bits per heavy atom. The molecule has 0 aromatic heterocycles. The van der Waals surface area contributed by atoms with Crippen LogP contribution in [0, 0.1) is 5.92 Å². The summed E-state index contributed by atoms with van der Waals surface area (Å²) >= 11 is 0. The molecule has 0 amide bonds. The summed E-state index contributed by atoms with van der Waals surface area (Å²) in [7, 11) is 0. The maximum absolute atomic E-state index is 2.19. The molecule has 0 aliphatic rings. The minimum absolute atomic E-state index is 1.07. The van der Waals surface area contributed by atoms with Gasteiger partial charge in [-0.05, 0) is 18.8 Å². The van der Waals surface area contributed by atoms with Gasteiger partial charge in [0, 0.05) is 0 Å². The van der Waals surface area contributed by atoms with Gasteiger partial charge in [-0.2, -0.15) is 0 Å². The number of hydrogen-bond donors (Lipinski definition) is 0. The van der Waals surface area contributed by atoms with Gasteiger partial charge < -0.3 is 0 Å². The zero-order chi connectivity index (χ0) is 7.82. The topological polar surface area (TPSA) is 0 Å². The quantitative estimate of drug-likeness (QED) is 0.520. The van der Waals surface area contributed by atoms with Crippen molar-refractivity contribution in [2.75, 3.05) is 0 Å². The van der Waals surface area contributed by atoms with Gasteiger partial charge in [-0.25, -0.2) is 0 Å². The summed E-state index contributed by atoms with van der Waals surface area (Å²) in [6, 6.07) is 0. The second-order valence-corrected chi connectivity index (χ2v) is 2.60. The molecule has 10 heavy (non-hydrogen) atoms. The molecule has 0 atom stereocenters. The molecule has 0 unspecified atom stereocenters. The van der Waals surface area contributed by atoms with Crippen LogP contribution in [0.3, 0.4) is 0 Å². The lowest BCUT2D eigenvalue weighted by molar-refractivity contribution is 1.17. The van der Waals surface area contributed by atoms with Gasteiger partial charge in [0.15, 0.2) is 0 Å². The molecule has 0 heterocycles. The minimum atomic E-state index is 1.07. The van der Waals surface area contributed by atoms with Crippen LogP contribution in [0.4, 0.5) is 0 Å². The smallest absolute Gasteiger partial charge is 0.00891 e. The molecule has 0 aliphatic carbocycles. The van der Waals surface area contributed by atoms with Crippen LogP contribution < -0.4 is 0 Å². The lowest BCUT2D eigenvalue weighted by Crippen LogP contribution is -1.72. The van der Waals surface area contributed by atoms with E-state index in [9.17, 15) is 0 Å². The van der Waals surface area contributed by atoms with Crippen LogP contribution in [0.15, 0.2) is 24.3 Å². The average Bonchev–Trinajstić information content (AvgIpc) is 1.87. The van der Waals surface area contributed by atoms with Gasteiger partial charge in [0.05, 0.1) is 0 Å². The van der Waals surface area contributed by atoms with E-state index in [1.807, 2.05) is 0 Å². The number of allylic oxidation sites excluding steroid dienone is 4. The normalized spacial score (nSPS) is 12.4. The first-order valence-corrected chi connectivity index (χ1v) is 3.89. The molecular weight excluding hydrogens is 120 g/mol. The van der Waals surface area contributed by atoms with Crippen LogP contribution >= 0.6 is 0 Å². The van der Waals surface area contributed by atoms with Crippen LogP contribution in [-0.2, 0) is 0 Å². The summed E-state index contributed by atoms with van der Waals surface area (Å²) in [5.41, 5.74) is 0. The summed E-state index contributed by atoms with van der Waals surface area (Å²) in [5, 5.41) is 0. The van der Waals surface area contributed by atoms with Gasteiger partial charge in [0.2, 0.25) is 0 Å². The predicted octanol–water partition coefficient (Wildman–Crippen LogP) is 3.51. The first kappa shape index (κ1) is 9.48. The van der Waals surface area contributed by atoms with Crippen molar-refractivity contribution in [3.05, 3.63) is 30.2 Å². The third kappa shape index (κ3) is 7.48. The van der Waals surface area contributed by atoms with Crippen LogP contribution in [0.5, 0.6) is 0 Å². The molecule has 0 rings (SSSR count). The Morgan fingerprint density at radius 3 is 2.30 bits per heavy atom. The highest BCUT2D eigenvalue weighted by molar-refractivity contribution is 5.05. The second-order valence-electron chi connectivity index (χ2n) is 2.60. The summed E-state index contributed by atoms with van der Waals surface area (Å²) in [6.45, 7) is 6.37. The maximum Gasteiger partial charge on any atom is -0.00891 e. The third-order valence-electron chi connectivity index (χ3n) is 1.13. The molecule has 0 heteroatoms. The average molecular weight is 137 g/mol. The summed E-state index contributed by atoms with van der Waals surface area (Å²) < 4.78 is 0. The summed E-state index contributed by atoms with van der Waals surface area (Å²) in [5.74, 6) is 1.37. The zero-order valence-corrected chi connectivity index (χ0v) is 7.22. The molecule has 0 bridgehead atoms. The Bertz CT molecular complexity index is 107.